The molecule has 0 atom stereocenters. The summed E-state index contributed by atoms with van der Waals surface area (Å²) in [4.78, 5) is 17.5. The molecule has 0 saturated heterocycles. The Kier molecular flexibility index (Phi) is 5.97. The van der Waals surface area contributed by atoms with Crippen molar-refractivity contribution >= 4 is 17.4 Å². The van der Waals surface area contributed by atoms with Gasteiger partial charge < -0.3 is 4.74 Å². The zero-order valence-corrected chi connectivity index (χ0v) is 20.2. The number of Topliss-reactive ketones (excluding diaryl/α,β-unsaturated/α-hetero) is 1. The smallest absolute Gasteiger partial charge is 0.164 e. The van der Waals surface area contributed by atoms with Crippen LogP contribution in [-0.2, 0) is 5.41 Å². The van der Waals surface area contributed by atoms with Crippen molar-refractivity contribution in [3.8, 4) is 11.8 Å². The highest BCUT2D eigenvalue weighted by Crippen LogP contribution is 2.61. The van der Waals surface area contributed by atoms with Crippen molar-refractivity contribution < 1.29 is 9.53 Å². The second-order valence-electron chi connectivity index (χ2n) is 10.8. The van der Waals surface area contributed by atoms with Gasteiger partial charge in [-0.15, -0.1) is 0 Å². The number of ketones is 1. The van der Waals surface area contributed by atoms with E-state index in [4.69, 9.17) is 21.6 Å². The molecule has 1 aromatic carbocycles. The molecular formula is C26H31ClN2O2. The Morgan fingerprint density at radius 1 is 1.16 bits per heavy atom. The summed E-state index contributed by atoms with van der Waals surface area (Å²) in [5.41, 5.74) is 1.62. The number of pyridine rings is 1. The number of halogens is 1. The van der Waals surface area contributed by atoms with E-state index in [-0.39, 0.29) is 34.1 Å². The molecule has 3 rings (SSSR count). The number of nitrogens with zero attached hydrogens (tertiary/aromatic N) is 2. The third-order valence-electron chi connectivity index (χ3n) is 6.71. The highest BCUT2D eigenvalue weighted by atomic mass is 35.5. The van der Waals surface area contributed by atoms with Gasteiger partial charge in [0.15, 0.2) is 5.78 Å². The van der Waals surface area contributed by atoms with Gasteiger partial charge in [0.05, 0.1) is 10.6 Å². The second kappa shape index (κ2) is 7.95. The molecule has 1 aliphatic rings. The molecule has 1 aliphatic carbocycles. The van der Waals surface area contributed by atoms with E-state index in [2.05, 4.69) is 59.5 Å². The Bertz CT molecular complexity index is 1010. The third kappa shape index (κ3) is 4.34. The third-order valence-corrected chi connectivity index (χ3v) is 7.02. The Hall–Kier alpha value is -2.38. The molecule has 2 aromatic rings. The lowest BCUT2D eigenvalue weighted by atomic mass is 9.44. The maximum absolute atomic E-state index is 13.0. The van der Waals surface area contributed by atoms with Crippen molar-refractivity contribution in [2.75, 3.05) is 0 Å². The number of carbonyl (C=O) groups excluding carboxylic acids is 1. The summed E-state index contributed by atoms with van der Waals surface area (Å²) in [5, 5.41) is 9.45. The molecule has 1 fully saturated rings. The number of benzene rings is 1. The van der Waals surface area contributed by atoms with Crippen LogP contribution < -0.4 is 4.74 Å². The lowest BCUT2D eigenvalue weighted by Gasteiger charge is -2.63. The average molecular weight is 439 g/mol. The molecule has 0 bridgehead atoms. The van der Waals surface area contributed by atoms with E-state index in [1.165, 1.54) is 0 Å². The van der Waals surface area contributed by atoms with E-state index in [9.17, 15) is 4.79 Å². The van der Waals surface area contributed by atoms with Gasteiger partial charge in [-0.1, -0.05) is 60.1 Å². The summed E-state index contributed by atoms with van der Waals surface area (Å²) < 4.78 is 6.31. The standard InChI is InChI=1S/C26H31ClN2O2/c1-24(2,3)22-11-9-17(15-29-22)20(30)13-21-25(4,5)23(26(21,6)7)31-18-10-8-16(14-28)19(27)12-18/h8-12,15,21,23H,13H2,1-7H3. The van der Waals surface area contributed by atoms with Crippen molar-refractivity contribution in [2.45, 2.75) is 66.4 Å². The number of nitriles is 1. The van der Waals surface area contributed by atoms with Gasteiger partial charge in [0.25, 0.3) is 0 Å². The van der Waals surface area contributed by atoms with Crippen LogP contribution in [-0.4, -0.2) is 16.9 Å². The Morgan fingerprint density at radius 2 is 1.81 bits per heavy atom. The number of hydrogen-bond acceptors (Lipinski definition) is 4. The van der Waals surface area contributed by atoms with E-state index in [1.54, 1.807) is 24.4 Å². The van der Waals surface area contributed by atoms with Gasteiger partial charge in [-0.3, -0.25) is 9.78 Å². The zero-order valence-electron chi connectivity index (χ0n) is 19.4. The number of aromatic nitrogens is 1. The van der Waals surface area contributed by atoms with E-state index >= 15 is 0 Å². The van der Waals surface area contributed by atoms with E-state index in [0.717, 1.165) is 5.69 Å². The molecule has 4 nitrogen and oxygen atoms in total. The molecular weight excluding hydrogens is 408 g/mol. The van der Waals surface area contributed by atoms with Crippen LogP contribution >= 0.6 is 11.6 Å². The predicted molar refractivity (Wildman–Crippen MR) is 124 cm³/mol. The molecule has 0 N–H and O–H groups in total. The molecule has 0 radical (unpaired) electrons. The first-order chi connectivity index (χ1) is 14.3. The van der Waals surface area contributed by atoms with Crippen molar-refractivity contribution in [1.82, 2.24) is 4.98 Å². The van der Waals surface area contributed by atoms with Crippen molar-refractivity contribution in [3.63, 3.8) is 0 Å². The van der Waals surface area contributed by atoms with Crippen molar-refractivity contribution in [2.24, 2.45) is 16.7 Å². The summed E-state index contributed by atoms with van der Waals surface area (Å²) in [6.45, 7) is 14.9. The minimum Gasteiger partial charge on any atom is -0.489 e. The van der Waals surface area contributed by atoms with Crippen LogP contribution in [0.2, 0.25) is 5.02 Å². The largest absolute Gasteiger partial charge is 0.489 e. The van der Waals surface area contributed by atoms with Crippen LogP contribution in [0.15, 0.2) is 36.5 Å². The van der Waals surface area contributed by atoms with Crippen LogP contribution in [0.25, 0.3) is 0 Å². The van der Waals surface area contributed by atoms with E-state index in [0.29, 0.717) is 28.3 Å². The minimum atomic E-state index is -0.196. The fourth-order valence-electron chi connectivity index (χ4n) is 5.12. The first kappa shape index (κ1) is 23.3. The van der Waals surface area contributed by atoms with Crippen LogP contribution in [0.1, 0.15) is 76.5 Å². The lowest BCUT2D eigenvalue weighted by molar-refractivity contribution is -0.196. The van der Waals surface area contributed by atoms with Crippen molar-refractivity contribution in [3.05, 3.63) is 58.4 Å². The topological polar surface area (TPSA) is 63.0 Å². The maximum atomic E-state index is 13.0. The molecule has 1 saturated carbocycles. The van der Waals surface area contributed by atoms with Gasteiger partial charge in [0, 0.05) is 46.2 Å². The van der Waals surface area contributed by atoms with Crippen molar-refractivity contribution in [1.29, 1.82) is 5.26 Å². The summed E-state index contributed by atoms with van der Waals surface area (Å²) >= 11 is 6.17. The number of carbonyl (C=O) groups is 1. The molecule has 31 heavy (non-hydrogen) atoms. The zero-order chi connectivity index (χ0) is 23.2. The van der Waals surface area contributed by atoms with Crippen LogP contribution in [0.5, 0.6) is 5.75 Å². The monoisotopic (exact) mass is 438 g/mol. The molecule has 0 aliphatic heterocycles. The van der Waals surface area contributed by atoms with Gasteiger partial charge in [-0.05, 0) is 30.2 Å². The maximum Gasteiger partial charge on any atom is 0.164 e. The fourth-order valence-corrected chi connectivity index (χ4v) is 5.33. The molecule has 0 spiro atoms. The Labute approximate surface area is 190 Å². The minimum absolute atomic E-state index is 0.0432. The SMILES string of the molecule is CC(C)(C)c1ccc(C(=O)CC2C(C)(C)C(Oc3ccc(C#N)c(Cl)c3)C2(C)C)cn1. The van der Waals surface area contributed by atoms with Gasteiger partial charge in [-0.2, -0.15) is 5.26 Å². The highest BCUT2D eigenvalue weighted by Gasteiger charge is 2.63. The summed E-state index contributed by atoms with van der Waals surface area (Å²) in [5.74, 6) is 0.912. The Balaban J connectivity index is 1.74. The van der Waals surface area contributed by atoms with Crippen LogP contribution in [0.4, 0.5) is 0 Å². The van der Waals surface area contributed by atoms with E-state index in [1.807, 2.05) is 12.1 Å². The number of hydrogen-bond donors (Lipinski definition) is 0. The normalized spacial score (nSPS) is 21.6. The summed E-state index contributed by atoms with van der Waals surface area (Å²) in [6, 6.07) is 11.0. The molecule has 5 heteroatoms. The Morgan fingerprint density at radius 3 is 2.29 bits per heavy atom. The van der Waals surface area contributed by atoms with Crippen LogP contribution in [0, 0.1) is 28.1 Å². The number of rotatable bonds is 5. The molecule has 1 heterocycles. The fraction of sp³-hybridized carbons (Fsp3) is 0.500. The predicted octanol–water partition coefficient (Wildman–Crippen LogP) is 6.61. The van der Waals surface area contributed by atoms with Gasteiger partial charge in [0.1, 0.15) is 17.9 Å². The van der Waals surface area contributed by atoms with Gasteiger partial charge >= 0.3 is 0 Å². The lowest BCUT2D eigenvalue weighted by Crippen LogP contribution is -2.66. The van der Waals surface area contributed by atoms with Crippen LogP contribution in [0.3, 0.4) is 0 Å². The highest BCUT2D eigenvalue weighted by molar-refractivity contribution is 6.31. The number of ether oxygens (including phenoxy) is 1. The molecule has 0 unspecified atom stereocenters. The average Bonchev–Trinajstić information content (AvgIpc) is 2.69. The first-order valence-corrected chi connectivity index (χ1v) is 11.0. The quantitative estimate of drug-likeness (QED) is 0.493. The summed E-state index contributed by atoms with van der Waals surface area (Å²) in [6.07, 6.45) is 2.07. The molecule has 164 valence electrons. The molecule has 1 aromatic heterocycles. The van der Waals surface area contributed by atoms with Gasteiger partial charge in [0.2, 0.25) is 0 Å². The molecule has 0 amide bonds. The first-order valence-electron chi connectivity index (χ1n) is 10.6. The summed E-state index contributed by atoms with van der Waals surface area (Å²) in [7, 11) is 0. The second-order valence-corrected chi connectivity index (χ2v) is 11.2. The van der Waals surface area contributed by atoms with E-state index < -0.39 is 0 Å². The van der Waals surface area contributed by atoms with Gasteiger partial charge in [-0.25, -0.2) is 0 Å².